The van der Waals surface area contributed by atoms with Crippen LogP contribution in [0.15, 0.2) is 10.7 Å². The highest BCUT2D eigenvalue weighted by atomic mass is 79.9. The SMILES string of the molecule is CCOCCN(CCOCC)c1ncc(N)c(C)c1Br. The molecule has 0 aromatic carbocycles. The Hall–Kier alpha value is -0.850. The van der Waals surface area contributed by atoms with Gasteiger partial charge in [0.25, 0.3) is 0 Å². The maximum Gasteiger partial charge on any atom is 0.143 e. The van der Waals surface area contributed by atoms with E-state index in [1.807, 2.05) is 20.8 Å². The van der Waals surface area contributed by atoms with Gasteiger partial charge in [0, 0.05) is 26.3 Å². The van der Waals surface area contributed by atoms with Gasteiger partial charge in [-0.15, -0.1) is 0 Å². The van der Waals surface area contributed by atoms with Crippen molar-refractivity contribution in [3.63, 3.8) is 0 Å². The molecule has 0 bridgehead atoms. The van der Waals surface area contributed by atoms with Crippen molar-refractivity contribution < 1.29 is 9.47 Å². The van der Waals surface area contributed by atoms with Gasteiger partial charge in [-0.25, -0.2) is 4.98 Å². The van der Waals surface area contributed by atoms with E-state index in [-0.39, 0.29) is 0 Å². The molecule has 20 heavy (non-hydrogen) atoms. The Kier molecular flexibility index (Phi) is 7.87. The van der Waals surface area contributed by atoms with Crippen LogP contribution < -0.4 is 10.6 Å². The van der Waals surface area contributed by atoms with E-state index in [9.17, 15) is 0 Å². The third-order valence-electron chi connectivity index (χ3n) is 3.00. The lowest BCUT2D eigenvalue weighted by Crippen LogP contribution is -2.32. The van der Waals surface area contributed by atoms with Gasteiger partial charge >= 0.3 is 0 Å². The van der Waals surface area contributed by atoms with Gasteiger partial charge in [0.15, 0.2) is 0 Å². The highest BCUT2D eigenvalue weighted by Crippen LogP contribution is 2.30. The summed E-state index contributed by atoms with van der Waals surface area (Å²) >= 11 is 3.58. The summed E-state index contributed by atoms with van der Waals surface area (Å²) in [6.07, 6.45) is 1.70. The summed E-state index contributed by atoms with van der Waals surface area (Å²) in [5.74, 6) is 0.885. The number of aromatic nitrogens is 1. The number of nitrogens with zero attached hydrogens (tertiary/aromatic N) is 2. The number of hydrogen-bond acceptors (Lipinski definition) is 5. The fourth-order valence-electron chi connectivity index (χ4n) is 1.76. The molecule has 0 spiro atoms. The Labute approximate surface area is 129 Å². The second-order valence-electron chi connectivity index (χ2n) is 4.36. The highest BCUT2D eigenvalue weighted by Gasteiger charge is 2.14. The maximum atomic E-state index is 5.87. The first-order valence-corrected chi connectivity index (χ1v) is 7.72. The summed E-state index contributed by atoms with van der Waals surface area (Å²) in [4.78, 5) is 6.59. The molecule has 2 N–H and O–H groups in total. The molecule has 0 radical (unpaired) electrons. The van der Waals surface area contributed by atoms with Crippen LogP contribution in [-0.4, -0.2) is 44.5 Å². The first-order valence-electron chi connectivity index (χ1n) is 6.92. The first-order chi connectivity index (χ1) is 9.61. The van der Waals surface area contributed by atoms with E-state index < -0.39 is 0 Å². The fourth-order valence-corrected chi connectivity index (χ4v) is 2.34. The summed E-state index contributed by atoms with van der Waals surface area (Å²) in [6, 6.07) is 0. The zero-order valence-electron chi connectivity index (χ0n) is 12.5. The molecule has 114 valence electrons. The van der Waals surface area contributed by atoms with Gasteiger partial charge in [-0.2, -0.15) is 0 Å². The Morgan fingerprint density at radius 3 is 2.25 bits per heavy atom. The Balaban J connectivity index is 2.82. The number of halogens is 1. The van der Waals surface area contributed by atoms with E-state index in [4.69, 9.17) is 15.2 Å². The minimum Gasteiger partial charge on any atom is -0.397 e. The molecule has 0 saturated heterocycles. The molecule has 1 rings (SSSR count). The first kappa shape index (κ1) is 17.2. The van der Waals surface area contributed by atoms with Crippen LogP contribution in [0.5, 0.6) is 0 Å². The van der Waals surface area contributed by atoms with Crippen LogP contribution in [0.1, 0.15) is 19.4 Å². The van der Waals surface area contributed by atoms with Crippen LogP contribution in [-0.2, 0) is 9.47 Å². The van der Waals surface area contributed by atoms with Crippen LogP contribution in [0.3, 0.4) is 0 Å². The van der Waals surface area contributed by atoms with Gasteiger partial charge in [0.05, 0.1) is 29.6 Å². The Bertz CT molecular complexity index is 406. The van der Waals surface area contributed by atoms with E-state index in [0.717, 1.165) is 28.9 Å². The van der Waals surface area contributed by atoms with Crippen LogP contribution in [0.25, 0.3) is 0 Å². The Morgan fingerprint density at radius 2 is 1.75 bits per heavy atom. The molecule has 0 unspecified atom stereocenters. The summed E-state index contributed by atoms with van der Waals surface area (Å²) in [6.45, 7) is 10.3. The van der Waals surface area contributed by atoms with E-state index >= 15 is 0 Å². The van der Waals surface area contributed by atoms with Gasteiger partial charge < -0.3 is 20.1 Å². The largest absolute Gasteiger partial charge is 0.397 e. The molecule has 5 nitrogen and oxygen atoms in total. The minimum atomic E-state index is 0.667. The normalized spacial score (nSPS) is 10.8. The highest BCUT2D eigenvalue weighted by molar-refractivity contribution is 9.10. The van der Waals surface area contributed by atoms with Crippen molar-refractivity contribution >= 4 is 27.4 Å². The monoisotopic (exact) mass is 345 g/mol. The summed E-state index contributed by atoms with van der Waals surface area (Å²) < 4.78 is 11.8. The lowest BCUT2D eigenvalue weighted by Gasteiger charge is -2.25. The van der Waals surface area contributed by atoms with Crippen molar-refractivity contribution in [1.82, 2.24) is 4.98 Å². The summed E-state index contributed by atoms with van der Waals surface area (Å²) in [5.41, 5.74) is 7.57. The van der Waals surface area contributed by atoms with Crippen molar-refractivity contribution in [2.75, 3.05) is 50.2 Å². The molecular weight excluding hydrogens is 322 g/mol. The number of nitrogen functional groups attached to an aromatic ring is 1. The Morgan fingerprint density at radius 1 is 1.20 bits per heavy atom. The van der Waals surface area contributed by atoms with Crippen molar-refractivity contribution in [2.24, 2.45) is 0 Å². The second kappa shape index (κ2) is 9.15. The maximum absolute atomic E-state index is 5.87. The van der Waals surface area contributed by atoms with Gasteiger partial charge in [0.2, 0.25) is 0 Å². The third-order valence-corrected chi connectivity index (χ3v) is 3.95. The van der Waals surface area contributed by atoms with Crippen LogP contribution in [0.2, 0.25) is 0 Å². The molecule has 1 heterocycles. The van der Waals surface area contributed by atoms with Crippen LogP contribution in [0.4, 0.5) is 11.5 Å². The molecule has 0 fully saturated rings. The smallest absolute Gasteiger partial charge is 0.143 e. The van der Waals surface area contributed by atoms with Gasteiger partial charge in [-0.3, -0.25) is 0 Å². The lowest BCUT2D eigenvalue weighted by molar-refractivity contribution is 0.141. The predicted octanol–water partition coefficient (Wildman–Crippen LogP) is 2.61. The van der Waals surface area contributed by atoms with Gasteiger partial charge in [-0.05, 0) is 42.3 Å². The zero-order chi connectivity index (χ0) is 15.0. The van der Waals surface area contributed by atoms with E-state index in [1.54, 1.807) is 6.20 Å². The third kappa shape index (κ3) is 4.92. The van der Waals surface area contributed by atoms with E-state index in [2.05, 4.69) is 25.8 Å². The molecule has 0 aliphatic carbocycles. The van der Waals surface area contributed by atoms with Gasteiger partial charge in [0.1, 0.15) is 5.82 Å². The molecule has 1 aromatic heterocycles. The molecule has 0 aliphatic rings. The number of anilines is 2. The van der Waals surface area contributed by atoms with Crippen LogP contribution >= 0.6 is 15.9 Å². The second-order valence-corrected chi connectivity index (χ2v) is 5.15. The standard InChI is InChI=1S/C14H24BrN3O2/c1-4-19-8-6-18(7-9-20-5-2)14-13(15)11(3)12(16)10-17-14/h10H,4-9,16H2,1-3H3. The van der Waals surface area contributed by atoms with Gasteiger partial charge in [-0.1, -0.05) is 0 Å². The molecule has 0 amide bonds. The van der Waals surface area contributed by atoms with E-state index in [0.29, 0.717) is 32.1 Å². The van der Waals surface area contributed by atoms with Crippen LogP contribution in [0, 0.1) is 6.92 Å². The quantitative estimate of drug-likeness (QED) is 0.697. The number of hydrogen-bond donors (Lipinski definition) is 1. The fraction of sp³-hybridized carbons (Fsp3) is 0.643. The zero-order valence-corrected chi connectivity index (χ0v) is 14.1. The summed E-state index contributed by atoms with van der Waals surface area (Å²) in [7, 11) is 0. The number of nitrogens with two attached hydrogens (primary N) is 1. The molecular formula is C14H24BrN3O2. The molecule has 0 atom stereocenters. The topological polar surface area (TPSA) is 60.6 Å². The average Bonchev–Trinajstić information content (AvgIpc) is 2.44. The molecule has 0 aliphatic heterocycles. The lowest BCUT2D eigenvalue weighted by atomic mass is 10.2. The number of ether oxygens (including phenoxy) is 2. The molecule has 6 heteroatoms. The van der Waals surface area contributed by atoms with E-state index in [1.165, 1.54) is 0 Å². The molecule has 1 aromatic rings. The van der Waals surface area contributed by atoms with Crippen molar-refractivity contribution in [2.45, 2.75) is 20.8 Å². The molecule has 0 saturated carbocycles. The summed E-state index contributed by atoms with van der Waals surface area (Å²) in [5, 5.41) is 0. The van der Waals surface area contributed by atoms with Crippen molar-refractivity contribution in [3.05, 3.63) is 16.2 Å². The average molecular weight is 346 g/mol. The predicted molar refractivity (Wildman–Crippen MR) is 86.3 cm³/mol. The minimum absolute atomic E-state index is 0.667. The van der Waals surface area contributed by atoms with Crippen molar-refractivity contribution in [1.29, 1.82) is 0 Å². The van der Waals surface area contributed by atoms with Crippen molar-refractivity contribution in [3.8, 4) is 0 Å². The number of rotatable bonds is 9. The number of pyridine rings is 1.